The molecule has 3 heteroatoms. The van der Waals surface area contributed by atoms with E-state index in [2.05, 4.69) is 35.1 Å². The largest absolute Gasteiger partial charge is 0.305 e. The summed E-state index contributed by atoms with van der Waals surface area (Å²) in [5.41, 5.74) is -0.199. The molecular weight excluding hydrogens is 186 g/mol. The van der Waals surface area contributed by atoms with E-state index < -0.39 is 0 Å². The zero-order chi connectivity index (χ0) is 11.1. The molecule has 0 aliphatic rings. The van der Waals surface area contributed by atoms with Gasteiger partial charge in [-0.25, -0.2) is 9.97 Å². The molecule has 1 N–H and O–H groups in total. The van der Waals surface area contributed by atoms with Crippen LogP contribution in [0.15, 0.2) is 18.5 Å². The topological polar surface area (TPSA) is 37.8 Å². The highest BCUT2D eigenvalue weighted by Gasteiger charge is 2.21. The van der Waals surface area contributed by atoms with Gasteiger partial charge in [-0.3, -0.25) is 0 Å². The molecule has 3 nitrogen and oxygen atoms in total. The summed E-state index contributed by atoms with van der Waals surface area (Å²) in [7, 11) is 0. The first kappa shape index (κ1) is 11.7. The van der Waals surface area contributed by atoms with Crippen LogP contribution in [0.2, 0.25) is 0 Å². The standard InChI is InChI=1S/C12H17N3/c1-4-5-6-10-15-12(2,3)11-13-8-7-9-14-11/h1,7-9,15H,5-6,10H2,2-3H3. The third-order valence-corrected chi connectivity index (χ3v) is 2.19. The minimum absolute atomic E-state index is 0.199. The van der Waals surface area contributed by atoms with E-state index in [-0.39, 0.29) is 5.54 Å². The van der Waals surface area contributed by atoms with Gasteiger partial charge in [0.15, 0.2) is 0 Å². The fourth-order valence-corrected chi connectivity index (χ4v) is 1.29. The molecule has 15 heavy (non-hydrogen) atoms. The third kappa shape index (κ3) is 3.69. The van der Waals surface area contributed by atoms with Crippen LogP contribution in [0, 0.1) is 12.3 Å². The van der Waals surface area contributed by atoms with Crippen molar-refractivity contribution in [2.75, 3.05) is 6.54 Å². The van der Waals surface area contributed by atoms with Crippen molar-refractivity contribution < 1.29 is 0 Å². The summed E-state index contributed by atoms with van der Waals surface area (Å²) in [5, 5.41) is 3.39. The molecule has 0 radical (unpaired) electrons. The van der Waals surface area contributed by atoms with Gasteiger partial charge in [0.2, 0.25) is 0 Å². The van der Waals surface area contributed by atoms with E-state index in [1.54, 1.807) is 12.4 Å². The lowest BCUT2D eigenvalue weighted by molar-refractivity contribution is 0.379. The molecule has 1 aromatic heterocycles. The quantitative estimate of drug-likeness (QED) is 0.585. The molecule has 1 aromatic rings. The average Bonchev–Trinajstić information content (AvgIpc) is 2.26. The highest BCUT2D eigenvalue weighted by Crippen LogP contribution is 2.14. The van der Waals surface area contributed by atoms with Crippen LogP contribution in [0.3, 0.4) is 0 Å². The number of nitrogens with one attached hydrogen (secondary N) is 1. The van der Waals surface area contributed by atoms with Gasteiger partial charge in [0.05, 0.1) is 5.54 Å². The highest BCUT2D eigenvalue weighted by molar-refractivity contribution is 5.02. The van der Waals surface area contributed by atoms with Crippen molar-refractivity contribution in [2.24, 2.45) is 0 Å². The number of hydrogen-bond donors (Lipinski definition) is 1. The van der Waals surface area contributed by atoms with Crippen molar-refractivity contribution >= 4 is 0 Å². The molecule has 0 atom stereocenters. The Labute approximate surface area is 91.3 Å². The van der Waals surface area contributed by atoms with Crippen molar-refractivity contribution in [1.82, 2.24) is 15.3 Å². The maximum atomic E-state index is 5.19. The van der Waals surface area contributed by atoms with Crippen LogP contribution in [0.4, 0.5) is 0 Å². The van der Waals surface area contributed by atoms with Crippen molar-refractivity contribution in [3.63, 3.8) is 0 Å². The summed E-state index contributed by atoms with van der Waals surface area (Å²) in [6.07, 6.45) is 10.5. The minimum Gasteiger partial charge on any atom is -0.305 e. The lowest BCUT2D eigenvalue weighted by atomic mass is 10.0. The van der Waals surface area contributed by atoms with E-state index >= 15 is 0 Å². The van der Waals surface area contributed by atoms with Gasteiger partial charge in [-0.1, -0.05) is 0 Å². The molecule has 0 unspecified atom stereocenters. The van der Waals surface area contributed by atoms with E-state index in [0.29, 0.717) is 0 Å². The molecule has 1 rings (SSSR count). The number of unbranched alkanes of at least 4 members (excludes halogenated alkanes) is 1. The fourth-order valence-electron chi connectivity index (χ4n) is 1.29. The Kier molecular flexibility index (Phi) is 4.26. The van der Waals surface area contributed by atoms with Crippen LogP contribution >= 0.6 is 0 Å². The summed E-state index contributed by atoms with van der Waals surface area (Å²) >= 11 is 0. The van der Waals surface area contributed by atoms with Crippen molar-refractivity contribution in [1.29, 1.82) is 0 Å². The van der Waals surface area contributed by atoms with Gasteiger partial charge in [0, 0.05) is 18.8 Å². The van der Waals surface area contributed by atoms with Crippen molar-refractivity contribution in [3.8, 4) is 12.3 Å². The SMILES string of the molecule is C#CCCCNC(C)(C)c1ncccn1. The Bertz CT molecular complexity index is 324. The summed E-state index contributed by atoms with van der Waals surface area (Å²) in [6, 6.07) is 1.82. The average molecular weight is 203 g/mol. The molecule has 80 valence electrons. The molecule has 0 aromatic carbocycles. The second-order valence-corrected chi connectivity index (χ2v) is 3.93. The van der Waals surface area contributed by atoms with Gasteiger partial charge in [0.25, 0.3) is 0 Å². The Morgan fingerprint density at radius 1 is 1.40 bits per heavy atom. The molecule has 0 saturated carbocycles. The van der Waals surface area contributed by atoms with E-state index in [9.17, 15) is 0 Å². The van der Waals surface area contributed by atoms with E-state index in [1.807, 2.05) is 6.07 Å². The second kappa shape index (κ2) is 5.47. The fraction of sp³-hybridized carbons (Fsp3) is 0.500. The van der Waals surface area contributed by atoms with E-state index in [0.717, 1.165) is 25.2 Å². The van der Waals surface area contributed by atoms with Gasteiger partial charge in [-0.15, -0.1) is 12.3 Å². The minimum atomic E-state index is -0.199. The normalized spacial score (nSPS) is 11.0. The summed E-state index contributed by atoms with van der Waals surface area (Å²) in [4.78, 5) is 8.47. The first-order chi connectivity index (χ1) is 7.17. The summed E-state index contributed by atoms with van der Waals surface area (Å²) in [6.45, 7) is 5.02. The van der Waals surface area contributed by atoms with Gasteiger partial charge < -0.3 is 5.32 Å². The smallest absolute Gasteiger partial charge is 0.147 e. The Balaban J connectivity index is 2.49. The molecule has 0 saturated heterocycles. The third-order valence-electron chi connectivity index (χ3n) is 2.19. The van der Waals surface area contributed by atoms with Crippen molar-refractivity contribution in [2.45, 2.75) is 32.2 Å². The highest BCUT2D eigenvalue weighted by atomic mass is 15.0. The van der Waals surface area contributed by atoms with Crippen LogP contribution in [0.5, 0.6) is 0 Å². The molecule has 0 aliphatic carbocycles. The molecule has 0 fully saturated rings. The summed E-state index contributed by atoms with van der Waals surface area (Å²) < 4.78 is 0. The first-order valence-electron chi connectivity index (χ1n) is 5.13. The molecule has 0 aliphatic heterocycles. The maximum absolute atomic E-state index is 5.19. The molecule has 0 amide bonds. The van der Waals surface area contributed by atoms with Crippen LogP contribution in [0.25, 0.3) is 0 Å². The van der Waals surface area contributed by atoms with Crippen LogP contribution < -0.4 is 5.32 Å². The monoisotopic (exact) mass is 203 g/mol. The molecule has 0 bridgehead atoms. The summed E-state index contributed by atoms with van der Waals surface area (Å²) in [5.74, 6) is 3.43. The Morgan fingerprint density at radius 2 is 2.07 bits per heavy atom. The predicted octanol–water partition coefficient (Wildman–Crippen LogP) is 1.71. The van der Waals surface area contributed by atoms with Gasteiger partial charge >= 0.3 is 0 Å². The number of terminal acetylenes is 1. The Hall–Kier alpha value is -1.40. The van der Waals surface area contributed by atoms with Crippen molar-refractivity contribution in [3.05, 3.63) is 24.3 Å². The van der Waals surface area contributed by atoms with Gasteiger partial charge in [0.1, 0.15) is 5.82 Å². The Morgan fingerprint density at radius 3 is 2.67 bits per heavy atom. The lowest BCUT2D eigenvalue weighted by Gasteiger charge is -2.24. The van der Waals surface area contributed by atoms with E-state index in [4.69, 9.17) is 6.42 Å². The lowest BCUT2D eigenvalue weighted by Crippen LogP contribution is -2.38. The molecular formula is C12H17N3. The number of hydrogen-bond acceptors (Lipinski definition) is 3. The van der Waals surface area contributed by atoms with Crippen LogP contribution in [-0.2, 0) is 5.54 Å². The van der Waals surface area contributed by atoms with E-state index in [1.165, 1.54) is 0 Å². The zero-order valence-electron chi connectivity index (χ0n) is 9.33. The van der Waals surface area contributed by atoms with Gasteiger partial charge in [-0.05, 0) is 32.9 Å². The number of rotatable bonds is 5. The number of aromatic nitrogens is 2. The zero-order valence-corrected chi connectivity index (χ0v) is 9.33. The van der Waals surface area contributed by atoms with Crippen LogP contribution in [-0.4, -0.2) is 16.5 Å². The number of nitrogens with zero attached hydrogens (tertiary/aromatic N) is 2. The first-order valence-corrected chi connectivity index (χ1v) is 5.13. The molecule has 0 spiro atoms. The molecule has 1 heterocycles. The van der Waals surface area contributed by atoms with Crippen LogP contribution in [0.1, 0.15) is 32.5 Å². The second-order valence-electron chi connectivity index (χ2n) is 3.93. The predicted molar refractivity (Wildman–Crippen MR) is 61.1 cm³/mol. The van der Waals surface area contributed by atoms with Gasteiger partial charge in [-0.2, -0.15) is 0 Å². The maximum Gasteiger partial charge on any atom is 0.147 e.